The number of esters is 1. The van der Waals surface area contributed by atoms with Gasteiger partial charge in [0.25, 0.3) is 0 Å². The lowest BCUT2D eigenvalue weighted by Crippen LogP contribution is -2.28. The van der Waals surface area contributed by atoms with E-state index in [1.165, 1.54) is 6.08 Å². The van der Waals surface area contributed by atoms with Crippen LogP contribution in [0.3, 0.4) is 0 Å². The van der Waals surface area contributed by atoms with E-state index >= 15 is 0 Å². The van der Waals surface area contributed by atoms with Crippen molar-refractivity contribution in [2.24, 2.45) is 0 Å². The van der Waals surface area contributed by atoms with Crippen molar-refractivity contribution in [3.63, 3.8) is 0 Å². The fraction of sp³-hybridized carbons (Fsp3) is 0.727. The summed E-state index contributed by atoms with van der Waals surface area (Å²) in [7, 11) is 0. The van der Waals surface area contributed by atoms with Crippen molar-refractivity contribution in [2.45, 2.75) is 26.8 Å². The predicted octanol–water partition coefficient (Wildman–Crippen LogP) is 1.84. The van der Waals surface area contributed by atoms with E-state index in [1.807, 2.05) is 11.8 Å². The fourth-order valence-corrected chi connectivity index (χ4v) is 1.68. The molecule has 3 nitrogen and oxygen atoms in total. The number of hydrogen-bond donors (Lipinski definition) is 1. The van der Waals surface area contributed by atoms with E-state index in [0.29, 0.717) is 19.2 Å². The van der Waals surface area contributed by atoms with Crippen molar-refractivity contribution in [1.29, 1.82) is 0 Å². The van der Waals surface area contributed by atoms with Gasteiger partial charge in [0.1, 0.15) is 0 Å². The highest BCUT2D eigenvalue weighted by molar-refractivity contribution is 7.99. The average Bonchev–Trinajstić information content (AvgIpc) is 2.22. The van der Waals surface area contributed by atoms with Gasteiger partial charge in [0.05, 0.1) is 6.61 Å². The summed E-state index contributed by atoms with van der Waals surface area (Å²) in [5, 5.41) is 3.30. The van der Waals surface area contributed by atoms with Crippen LogP contribution in [0.2, 0.25) is 0 Å². The van der Waals surface area contributed by atoms with Crippen LogP contribution >= 0.6 is 11.8 Å². The highest BCUT2D eigenvalue weighted by Crippen LogP contribution is 2.00. The zero-order valence-electron chi connectivity index (χ0n) is 9.79. The molecule has 0 radical (unpaired) electrons. The van der Waals surface area contributed by atoms with Gasteiger partial charge in [-0.25, -0.2) is 4.79 Å². The van der Waals surface area contributed by atoms with Gasteiger partial charge >= 0.3 is 5.97 Å². The van der Waals surface area contributed by atoms with E-state index in [9.17, 15) is 4.79 Å². The Balaban J connectivity index is 3.47. The third-order valence-corrected chi connectivity index (χ3v) is 2.84. The Kier molecular flexibility index (Phi) is 9.73. The second kappa shape index (κ2) is 10.1. The Labute approximate surface area is 96.6 Å². The normalized spacial score (nSPS) is 13.0. The van der Waals surface area contributed by atoms with Crippen molar-refractivity contribution < 1.29 is 9.53 Å². The van der Waals surface area contributed by atoms with Crippen molar-refractivity contribution in [3.05, 3.63) is 12.2 Å². The van der Waals surface area contributed by atoms with Gasteiger partial charge in [-0.15, -0.1) is 0 Å². The molecule has 0 aromatic carbocycles. The van der Waals surface area contributed by atoms with E-state index in [-0.39, 0.29) is 5.97 Å². The van der Waals surface area contributed by atoms with Crippen LogP contribution in [0.5, 0.6) is 0 Å². The molecular formula is C11H21NO2S. The predicted molar refractivity (Wildman–Crippen MR) is 66.2 cm³/mol. The highest BCUT2D eigenvalue weighted by atomic mass is 32.2. The summed E-state index contributed by atoms with van der Waals surface area (Å²) in [6.45, 7) is 7.23. The first-order chi connectivity index (χ1) is 7.20. The zero-order chi connectivity index (χ0) is 11.5. The van der Waals surface area contributed by atoms with Gasteiger partial charge < -0.3 is 10.1 Å². The molecular weight excluding hydrogens is 210 g/mol. The molecule has 0 aliphatic carbocycles. The van der Waals surface area contributed by atoms with Gasteiger partial charge in [-0.05, 0) is 19.6 Å². The molecule has 4 heteroatoms. The smallest absolute Gasteiger partial charge is 0.330 e. The topological polar surface area (TPSA) is 38.3 Å². The van der Waals surface area contributed by atoms with Crippen molar-refractivity contribution in [2.75, 3.05) is 24.7 Å². The van der Waals surface area contributed by atoms with Gasteiger partial charge in [0.15, 0.2) is 0 Å². The minimum absolute atomic E-state index is 0.269. The monoisotopic (exact) mass is 231 g/mol. The summed E-state index contributed by atoms with van der Waals surface area (Å²) < 4.78 is 4.76. The largest absolute Gasteiger partial charge is 0.463 e. The Bertz CT molecular complexity index is 195. The lowest BCUT2D eigenvalue weighted by molar-refractivity contribution is -0.137. The Morgan fingerprint density at radius 2 is 2.27 bits per heavy atom. The van der Waals surface area contributed by atoms with Crippen LogP contribution in [0.25, 0.3) is 0 Å². The molecule has 1 N–H and O–H groups in total. The van der Waals surface area contributed by atoms with Gasteiger partial charge in [-0.1, -0.05) is 13.0 Å². The van der Waals surface area contributed by atoms with Gasteiger partial charge in [-0.2, -0.15) is 11.8 Å². The van der Waals surface area contributed by atoms with Crippen LogP contribution in [0.15, 0.2) is 12.2 Å². The molecule has 0 heterocycles. The third-order valence-electron chi connectivity index (χ3n) is 1.70. The quantitative estimate of drug-likeness (QED) is 0.511. The van der Waals surface area contributed by atoms with E-state index in [4.69, 9.17) is 4.74 Å². The van der Waals surface area contributed by atoms with Crippen molar-refractivity contribution in [3.8, 4) is 0 Å². The average molecular weight is 231 g/mol. The Hall–Kier alpha value is -0.480. The first-order valence-corrected chi connectivity index (χ1v) is 6.50. The fourth-order valence-electron chi connectivity index (χ4n) is 0.968. The summed E-state index contributed by atoms with van der Waals surface area (Å²) in [4.78, 5) is 10.9. The SMILES string of the molecule is CCOC(=O)/C=C/CNC(C)CSCC. The first kappa shape index (κ1) is 14.5. The molecule has 0 aromatic heterocycles. The summed E-state index contributed by atoms with van der Waals surface area (Å²) in [5.41, 5.74) is 0. The van der Waals surface area contributed by atoms with Crippen LogP contribution in [-0.2, 0) is 9.53 Å². The molecule has 0 saturated heterocycles. The third kappa shape index (κ3) is 9.82. The number of ether oxygens (including phenoxy) is 1. The molecule has 15 heavy (non-hydrogen) atoms. The van der Waals surface area contributed by atoms with Crippen molar-refractivity contribution >= 4 is 17.7 Å². The van der Waals surface area contributed by atoms with Crippen LogP contribution in [-0.4, -0.2) is 36.7 Å². The van der Waals surface area contributed by atoms with Crippen LogP contribution in [0.1, 0.15) is 20.8 Å². The first-order valence-electron chi connectivity index (χ1n) is 5.35. The van der Waals surface area contributed by atoms with E-state index < -0.39 is 0 Å². The molecule has 0 aromatic rings. The summed E-state index contributed by atoms with van der Waals surface area (Å²) >= 11 is 1.91. The molecule has 1 atom stereocenters. The van der Waals surface area contributed by atoms with E-state index in [1.54, 1.807) is 13.0 Å². The Morgan fingerprint density at radius 3 is 2.87 bits per heavy atom. The van der Waals surface area contributed by atoms with E-state index in [0.717, 1.165) is 11.5 Å². The van der Waals surface area contributed by atoms with Crippen LogP contribution < -0.4 is 5.32 Å². The molecule has 0 spiro atoms. The zero-order valence-corrected chi connectivity index (χ0v) is 10.6. The minimum Gasteiger partial charge on any atom is -0.463 e. The molecule has 0 amide bonds. The minimum atomic E-state index is -0.269. The number of rotatable bonds is 8. The van der Waals surface area contributed by atoms with Crippen LogP contribution in [0, 0.1) is 0 Å². The second-order valence-corrected chi connectivity index (χ2v) is 4.44. The maximum Gasteiger partial charge on any atom is 0.330 e. The van der Waals surface area contributed by atoms with Gasteiger partial charge in [-0.3, -0.25) is 0 Å². The molecule has 0 fully saturated rings. The molecule has 88 valence electrons. The summed E-state index contributed by atoms with van der Waals surface area (Å²) in [5.74, 6) is 1.98. The molecule has 0 bridgehead atoms. The van der Waals surface area contributed by atoms with Crippen molar-refractivity contribution in [1.82, 2.24) is 5.32 Å². The lowest BCUT2D eigenvalue weighted by atomic mass is 10.4. The number of carbonyl (C=O) groups is 1. The highest BCUT2D eigenvalue weighted by Gasteiger charge is 1.98. The van der Waals surface area contributed by atoms with Gasteiger partial charge in [0, 0.05) is 24.4 Å². The lowest BCUT2D eigenvalue weighted by Gasteiger charge is -2.10. The number of thioether (sulfide) groups is 1. The number of hydrogen-bond acceptors (Lipinski definition) is 4. The molecule has 0 aliphatic rings. The maximum absolute atomic E-state index is 10.9. The standard InChI is InChI=1S/C11H21NO2S/c1-4-14-11(13)7-6-8-12-10(3)9-15-5-2/h6-7,10,12H,4-5,8-9H2,1-3H3/b7-6+. The molecule has 1 unspecified atom stereocenters. The molecule has 0 rings (SSSR count). The van der Waals surface area contributed by atoms with Crippen LogP contribution in [0.4, 0.5) is 0 Å². The Morgan fingerprint density at radius 1 is 1.53 bits per heavy atom. The number of nitrogens with one attached hydrogen (secondary N) is 1. The van der Waals surface area contributed by atoms with Gasteiger partial charge in [0.2, 0.25) is 0 Å². The second-order valence-electron chi connectivity index (χ2n) is 3.12. The van der Waals surface area contributed by atoms with E-state index in [2.05, 4.69) is 19.2 Å². The molecule has 0 aliphatic heterocycles. The number of carbonyl (C=O) groups excluding carboxylic acids is 1. The maximum atomic E-state index is 10.9. The summed E-state index contributed by atoms with van der Waals surface area (Å²) in [6, 6.07) is 0.474. The molecule has 0 saturated carbocycles. The summed E-state index contributed by atoms with van der Waals surface area (Å²) in [6.07, 6.45) is 3.27.